The van der Waals surface area contributed by atoms with Crippen LogP contribution in [0.3, 0.4) is 0 Å². The van der Waals surface area contributed by atoms with Crippen LogP contribution < -0.4 is 5.32 Å². The predicted octanol–water partition coefficient (Wildman–Crippen LogP) is 3.98. The molecular formula is C15H12N2. The lowest BCUT2D eigenvalue weighted by atomic mass is 10.2. The van der Waals surface area contributed by atoms with E-state index in [0.717, 1.165) is 16.9 Å². The quantitative estimate of drug-likeness (QED) is 0.706. The van der Waals surface area contributed by atoms with E-state index in [4.69, 9.17) is 0 Å². The maximum atomic E-state index is 4.39. The summed E-state index contributed by atoms with van der Waals surface area (Å²) >= 11 is 0. The van der Waals surface area contributed by atoms with Gasteiger partial charge in [0.05, 0.1) is 0 Å². The number of hydrogen-bond donors (Lipinski definition) is 1. The van der Waals surface area contributed by atoms with Gasteiger partial charge in [-0.25, -0.2) is 4.98 Å². The van der Waals surface area contributed by atoms with Gasteiger partial charge in [0.25, 0.3) is 0 Å². The molecule has 0 amide bonds. The van der Waals surface area contributed by atoms with Gasteiger partial charge in [0, 0.05) is 17.3 Å². The predicted molar refractivity (Wildman–Crippen MR) is 71.5 cm³/mol. The van der Waals surface area contributed by atoms with E-state index >= 15 is 0 Å². The van der Waals surface area contributed by atoms with E-state index in [1.165, 1.54) is 5.39 Å². The highest BCUT2D eigenvalue weighted by Gasteiger charge is 1.97. The van der Waals surface area contributed by atoms with Crippen molar-refractivity contribution in [2.24, 2.45) is 0 Å². The van der Waals surface area contributed by atoms with Gasteiger partial charge in [0.1, 0.15) is 5.82 Å². The maximum Gasteiger partial charge on any atom is 0.130 e. The van der Waals surface area contributed by atoms with E-state index in [1.807, 2.05) is 48.7 Å². The Balaban J connectivity index is 1.96. The maximum absolute atomic E-state index is 4.39. The summed E-state index contributed by atoms with van der Waals surface area (Å²) < 4.78 is 0. The first-order valence-electron chi connectivity index (χ1n) is 5.59. The monoisotopic (exact) mass is 220 g/mol. The number of anilines is 2. The number of nitrogens with zero attached hydrogens (tertiary/aromatic N) is 1. The van der Waals surface area contributed by atoms with Gasteiger partial charge in [-0.2, -0.15) is 0 Å². The van der Waals surface area contributed by atoms with Crippen molar-refractivity contribution in [3.63, 3.8) is 0 Å². The fourth-order valence-corrected chi connectivity index (χ4v) is 1.82. The summed E-state index contributed by atoms with van der Waals surface area (Å²) in [5.41, 5.74) is 1.05. The molecule has 1 aromatic heterocycles. The van der Waals surface area contributed by atoms with Gasteiger partial charge in [-0.1, -0.05) is 42.5 Å². The summed E-state index contributed by atoms with van der Waals surface area (Å²) in [4.78, 5) is 4.39. The summed E-state index contributed by atoms with van der Waals surface area (Å²) in [6.45, 7) is 0. The molecule has 2 heteroatoms. The van der Waals surface area contributed by atoms with Crippen LogP contribution >= 0.6 is 0 Å². The first-order chi connectivity index (χ1) is 8.42. The smallest absolute Gasteiger partial charge is 0.130 e. The average Bonchev–Trinajstić information content (AvgIpc) is 2.40. The number of benzene rings is 2. The molecule has 3 rings (SSSR count). The molecule has 0 radical (unpaired) electrons. The second kappa shape index (κ2) is 4.26. The standard InChI is InChI=1S/C15H12N2/c1-2-8-14(9-3-1)17-15-10-12-6-4-5-7-13(12)11-16-15/h1-11H,(H,16,17). The van der Waals surface area contributed by atoms with Crippen LogP contribution in [0.15, 0.2) is 66.9 Å². The zero-order valence-electron chi connectivity index (χ0n) is 9.30. The largest absolute Gasteiger partial charge is 0.340 e. The second-order valence-electron chi connectivity index (χ2n) is 3.91. The molecule has 0 saturated carbocycles. The minimum Gasteiger partial charge on any atom is -0.340 e. The van der Waals surface area contributed by atoms with Crippen LogP contribution in [0.4, 0.5) is 11.5 Å². The van der Waals surface area contributed by atoms with E-state index < -0.39 is 0 Å². The van der Waals surface area contributed by atoms with Gasteiger partial charge >= 0.3 is 0 Å². The molecule has 0 bridgehead atoms. The van der Waals surface area contributed by atoms with Crippen LogP contribution in [0.5, 0.6) is 0 Å². The molecule has 1 N–H and O–H groups in total. The van der Waals surface area contributed by atoms with Crippen molar-refractivity contribution in [3.8, 4) is 0 Å². The van der Waals surface area contributed by atoms with E-state index in [-0.39, 0.29) is 0 Å². The first kappa shape index (κ1) is 9.85. The van der Waals surface area contributed by atoms with Crippen LogP contribution in [0.2, 0.25) is 0 Å². The highest BCUT2D eigenvalue weighted by atomic mass is 15.0. The van der Waals surface area contributed by atoms with Gasteiger partial charge in [-0.3, -0.25) is 0 Å². The van der Waals surface area contributed by atoms with Crippen molar-refractivity contribution in [1.82, 2.24) is 4.98 Å². The highest BCUT2D eigenvalue weighted by Crippen LogP contribution is 2.19. The third kappa shape index (κ3) is 2.11. The molecule has 0 spiro atoms. The number of hydrogen-bond acceptors (Lipinski definition) is 2. The van der Waals surface area contributed by atoms with Crippen molar-refractivity contribution >= 4 is 22.3 Å². The topological polar surface area (TPSA) is 24.9 Å². The Kier molecular flexibility index (Phi) is 2.47. The first-order valence-corrected chi connectivity index (χ1v) is 5.59. The van der Waals surface area contributed by atoms with Crippen LogP contribution in [0, 0.1) is 0 Å². The van der Waals surface area contributed by atoms with E-state index in [1.54, 1.807) is 0 Å². The third-order valence-electron chi connectivity index (χ3n) is 2.68. The molecule has 0 unspecified atom stereocenters. The fraction of sp³-hybridized carbons (Fsp3) is 0. The molecule has 0 fully saturated rings. The Bertz CT molecular complexity index is 633. The molecule has 1 heterocycles. The summed E-state index contributed by atoms with van der Waals surface area (Å²) in [5, 5.41) is 5.64. The van der Waals surface area contributed by atoms with Crippen molar-refractivity contribution in [1.29, 1.82) is 0 Å². The number of aromatic nitrogens is 1. The van der Waals surface area contributed by atoms with Crippen LogP contribution in [-0.4, -0.2) is 4.98 Å². The normalized spacial score (nSPS) is 10.4. The molecule has 2 nitrogen and oxygen atoms in total. The summed E-state index contributed by atoms with van der Waals surface area (Å²) in [7, 11) is 0. The average molecular weight is 220 g/mol. The number of nitrogens with one attached hydrogen (secondary N) is 1. The molecule has 0 aliphatic rings. The van der Waals surface area contributed by atoms with Crippen molar-refractivity contribution < 1.29 is 0 Å². The molecule has 0 saturated heterocycles. The molecule has 3 aromatic rings. The molecule has 82 valence electrons. The Hall–Kier alpha value is -2.35. The molecule has 0 atom stereocenters. The van der Waals surface area contributed by atoms with Crippen molar-refractivity contribution in [3.05, 3.63) is 66.9 Å². The van der Waals surface area contributed by atoms with Crippen molar-refractivity contribution in [2.75, 3.05) is 5.32 Å². The Morgan fingerprint density at radius 3 is 2.29 bits per heavy atom. The molecule has 0 aliphatic carbocycles. The lowest BCUT2D eigenvalue weighted by molar-refractivity contribution is 1.34. The van der Waals surface area contributed by atoms with Gasteiger partial charge in [0.2, 0.25) is 0 Å². The SMILES string of the molecule is c1ccc(Nc2cc3ccccc3cn2)cc1. The lowest BCUT2D eigenvalue weighted by Crippen LogP contribution is -1.92. The summed E-state index contributed by atoms with van der Waals surface area (Å²) in [5.74, 6) is 0.870. The highest BCUT2D eigenvalue weighted by molar-refractivity contribution is 5.84. The number of fused-ring (bicyclic) bond motifs is 1. The summed E-state index contributed by atoms with van der Waals surface area (Å²) in [6.07, 6.45) is 1.89. The minimum atomic E-state index is 0.870. The Morgan fingerprint density at radius 2 is 1.47 bits per heavy atom. The second-order valence-corrected chi connectivity index (χ2v) is 3.91. The summed E-state index contributed by atoms with van der Waals surface area (Å²) in [6, 6.07) is 20.3. The molecule has 0 aliphatic heterocycles. The fourth-order valence-electron chi connectivity index (χ4n) is 1.82. The number of rotatable bonds is 2. The molecule has 17 heavy (non-hydrogen) atoms. The minimum absolute atomic E-state index is 0.870. The zero-order chi connectivity index (χ0) is 11.5. The van der Waals surface area contributed by atoms with Gasteiger partial charge in [-0.05, 0) is 23.6 Å². The van der Waals surface area contributed by atoms with Gasteiger partial charge < -0.3 is 5.32 Å². The zero-order valence-corrected chi connectivity index (χ0v) is 9.30. The van der Waals surface area contributed by atoms with E-state index in [0.29, 0.717) is 0 Å². The third-order valence-corrected chi connectivity index (χ3v) is 2.68. The van der Waals surface area contributed by atoms with Crippen LogP contribution in [-0.2, 0) is 0 Å². The Labute approximate surface area is 99.9 Å². The number of pyridine rings is 1. The van der Waals surface area contributed by atoms with Crippen molar-refractivity contribution in [2.45, 2.75) is 0 Å². The van der Waals surface area contributed by atoms with Gasteiger partial charge in [-0.15, -0.1) is 0 Å². The lowest BCUT2D eigenvalue weighted by Gasteiger charge is -2.06. The van der Waals surface area contributed by atoms with E-state index in [2.05, 4.69) is 28.5 Å². The van der Waals surface area contributed by atoms with Crippen LogP contribution in [0.25, 0.3) is 10.8 Å². The van der Waals surface area contributed by atoms with E-state index in [9.17, 15) is 0 Å². The van der Waals surface area contributed by atoms with Gasteiger partial charge in [0.15, 0.2) is 0 Å². The van der Waals surface area contributed by atoms with Crippen LogP contribution in [0.1, 0.15) is 0 Å². The molecular weight excluding hydrogens is 208 g/mol. The molecule has 2 aromatic carbocycles. The Morgan fingerprint density at radius 1 is 0.765 bits per heavy atom. The number of para-hydroxylation sites is 1.